The third-order valence-corrected chi connectivity index (χ3v) is 10.2. The van der Waals surface area contributed by atoms with Crippen molar-refractivity contribution in [1.82, 2.24) is 15.2 Å². The zero-order chi connectivity index (χ0) is 25.1. The van der Waals surface area contributed by atoms with Gasteiger partial charge in [0.05, 0.1) is 28.1 Å². The highest BCUT2D eigenvalue weighted by molar-refractivity contribution is 6.31. The van der Waals surface area contributed by atoms with Gasteiger partial charge in [0.25, 0.3) is 5.91 Å². The van der Waals surface area contributed by atoms with Gasteiger partial charge in [-0.2, -0.15) is 0 Å². The summed E-state index contributed by atoms with van der Waals surface area (Å²) in [6.07, 6.45) is 4.80. The number of piperidine rings is 1. The van der Waals surface area contributed by atoms with Crippen molar-refractivity contribution >= 4 is 40.8 Å². The van der Waals surface area contributed by atoms with Gasteiger partial charge in [-0.15, -0.1) is 12.4 Å². The Morgan fingerprint density at radius 1 is 1.21 bits per heavy atom. The first-order valence-electron chi connectivity index (χ1n) is 13.5. The summed E-state index contributed by atoms with van der Waals surface area (Å²) in [5.74, 6) is 1.15. The van der Waals surface area contributed by atoms with Crippen LogP contribution < -0.4 is 10.1 Å². The number of halogens is 2. The van der Waals surface area contributed by atoms with Crippen LogP contribution in [0.25, 0.3) is 10.9 Å². The molecule has 0 radical (unpaired) electrons. The van der Waals surface area contributed by atoms with E-state index in [1.165, 1.54) is 12.8 Å². The van der Waals surface area contributed by atoms with E-state index in [1.807, 2.05) is 24.3 Å². The van der Waals surface area contributed by atoms with Crippen LogP contribution in [0.4, 0.5) is 0 Å². The lowest BCUT2D eigenvalue weighted by Gasteiger charge is -2.64. The van der Waals surface area contributed by atoms with Crippen molar-refractivity contribution in [2.24, 2.45) is 5.92 Å². The second-order valence-corrected chi connectivity index (χ2v) is 12.2. The summed E-state index contributed by atoms with van der Waals surface area (Å²) in [5.41, 5.74) is 1.74. The number of likely N-dealkylation sites (tertiary alicyclic amines) is 1. The van der Waals surface area contributed by atoms with Crippen molar-refractivity contribution in [3.63, 3.8) is 0 Å². The Labute approximate surface area is 231 Å². The Balaban J connectivity index is 0.00000242. The van der Waals surface area contributed by atoms with Crippen LogP contribution in [0.2, 0.25) is 5.15 Å². The number of aromatic amines is 1. The minimum Gasteiger partial charge on any atom is -0.504 e. The Morgan fingerprint density at radius 2 is 2.05 bits per heavy atom. The number of carbonyl (C=O) groups excluding carboxylic acids is 1. The highest BCUT2D eigenvalue weighted by Crippen LogP contribution is 2.65. The summed E-state index contributed by atoms with van der Waals surface area (Å²) in [4.78, 5) is 19.2. The first-order valence-corrected chi connectivity index (χ1v) is 13.8. The largest absolute Gasteiger partial charge is 0.504 e. The number of ether oxygens (including phenoxy) is 1. The van der Waals surface area contributed by atoms with E-state index >= 15 is 0 Å². The number of nitrogens with one attached hydrogen (secondary N) is 2. The van der Waals surface area contributed by atoms with Gasteiger partial charge in [-0.25, -0.2) is 0 Å². The third-order valence-electron chi connectivity index (χ3n) is 9.95. The SMILES string of the molecule is Cl.O=C(N[C@@H]1CC[C@@]2(O)[C@H]3Cc4ccc(O)c5c4[C@@]2(CCN3CC2CC2)[C@H]1O5)c1cccc2cc(Cl)[nH]c12. The Kier molecular flexibility index (Phi) is 5.35. The lowest BCUT2D eigenvalue weighted by molar-refractivity contribution is -0.191. The van der Waals surface area contributed by atoms with Gasteiger partial charge in [-0.05, 0) is 74.8 Å². The van der Waals surface area contributed by atoms with Gasteiger partial charge in [-0.1, -0.05) is 29.8 Å². The average molecular weight is 556 g/mol. The number of H-pyrrole nitrogens is 1. The summed E-state index contributed by atoms with van der Waals surface area (Å²) in [6.45, 7) is 1.93. The zero-order valence-corrected chi connectivity index (χ0v) is 22.4. The van der Waals surface area contributed by atoms with E-state index in [9.17, 15) is 15.0 Å². The number of fused-ring (bicyclic) bond motifs is 1. The predicted octanol–water partition coefficient (Wildman–Crippen LogP) is 4.31. The summed E-state index contributed by atoms with van der Waals surface area (Å²) >= 11 is 6.19. The molecule has 1 amide bonds. The molecule has 5 atom stereocenters. The number of aliphatic hydroxyl groups is 1. The lowest BCUT2D eigenvalue weighted by atomic mass is 9.48. The molecule has 2 saturated carbocycles. The summed E-state index contributed by atoms with van der Waals surface area (Å²) < 4.78 is 6.57. The predicted molar refractivity (Wildman–Crippen MR) is 147 cm³/mol. The van der Waals surface area contributed by atoms with Crippen molar-refractivity contribution in [1.29, 1.82) is 0 Å². The number of para-hydroxylation sites is 1. The number of rotatable bonds is 4. The van der Waals surface area contributed by atoms with Crippen LogP contribution >= 0.6 is 24.0 Å². The molecule has 8 rings (SSSR count). The number of carbonyl (C=O) groups is 1. The minimum atomic E-state index is -0.967. The number of phenols is 1. The molecule has 4 N–H and O–H groups in total. The Hall–Kier alpha value is -2.45. The number of hydrogen-bond acceptors (Lipinski definition) is 5. The molecule has 2 bridgehead atoms. The highest BCUT2D eigenvalue weighted by atomic mass is 35.5. The second-order valence-electron chi connectivity index (χ2n) is 11.8. The molecule has 0 unspecified atom stereocenters. The third kappa shape index (κ3) is 3.13. The van der Waals surface area contributed by atoms with Crippen molar-refractivity contribution in [3.05, 3.63) is 58.2 Å². The van der Waals surface area contributed by atoms with E-state index in [-0.39, 0.29) is 36.1 Å². The monoisotopic (exact) mass is 555 g/mol. The van der Waals surface area contributed by atoms with Gasteiger partial charge < -0.3 is 25.3 Å². The molecule has 2 aliphatic heterocycles. The summed E-state index contributed by atoms with van der Waals surface area (Å²) in [7, 11) is 0. The van der Waals surface area contributed by atoms with E-state index in [1.54, 1.807) is 12.1 Å². The number of phenolic OH excluding ortho intramolecular Hbond substituents is 1. The molecule has 1 spiro atoms. The Bertz CT molecular complexity index is 1470. The smallest absolute Gasteiger partial charge is 0.253 e. The van der Waals surface area contributed by atoms with Crippen LogP contribution in [0.5, 0.6) is 11.5 Å². The van der Waals surface area contributed by atoms with Crippen LogP contribution in [-0.4, -0.2) is 62.9 Å². The summed E-state index contributed by atoms with van der Waals surface area (Å²) in [5, 5.41) is 28.0. The van der Waals surface area contributed by atoms with Crippen molar-refractivity contribution < 1.29 is 19.7 Å². The van der Waals surface area contributed by atoms with Gasteiger partial charge >= 0.3 is 0 Å². The van der Waals surface area contributed by atoms with Crippen LogP contribution in [0.3, 0.4) is 0 Å². The molecule has 3 aromatic rings. The minimum absolute atomic E-state index is 0. The van der Waals surface area contributed by atoms with Gasteiger partial charge in [0.1, 0.15) is 11.3 Å². The fourth-order valence-electron chi connectivity index (χ4n) is 8.19. The van der Waals surface area contributed by atoms with Gasteiger partial charge in [0.15, 0.2) is 11.5 Å². The second kappa shape index (κ2) is 8.28. The van der Waals surface area contributed by atoms with E-state index in [2.05, 4.69) is 15.2 Å². The molecule has 1 aromatic heterocycles. The molecule has 200 valence electrons. The normalized spacial score (nSPS) is 32.8. The molecular formula is C29H31Cl2N3O4. The van der Waals surface area contributed by atoms with Crippen molar-refractivity contribution in [2.75, 3.05) is 13.1 Å². The molecule has 3 heterocycles. The van der Waals surface area contributed by atoms with E-state index in [0.717, 1.165) is 48.4 Å². The quantitative estimate of drug-likeness (QED) is 0.384. The zero-order valence-electron chi connectivity index (χ0n) is 20.9. The maximum atomic E-state index is 13.6. The van der Waals surface area contributed by atoms with Crippen LogP contribution in [0.15, 0.2) is 36.4 Å². The highest BCUT2D eigenvalue weighted by Gasteiger charge is 2.73. The molecule has 3 aliphatic carbocycles. The first kappa shape index (κ1) is 24.6. The van der Waals surface area contributed by atoms with Gasteiger partial charge in [0.2, 0.25) is 0 Å². The molecule has 3 fully saturated rings. The molecule has 5 aliphatic rings. The number of hydrogen-bond donors (Lipinski definition) is 4. The molecule has 38 heavy (non-hydrogen) atoms. The number of aromatic nitrogens is 1. The fourth-order valence-corrected chi connectivity index (χ4v) is 8.40. The topological polar surface area (TPSA) is 97.8 Å². The lowest BCUT2D eigenvalue weighted by Crippen LogP contribution is -2.78. The van der Waals surface area contributed by atoms with Crippen molar-refractivity contribution in [2.45, 2.75) is 67.7 Å². The fraction of sp³-hybridized carbons (Fsp3) is 0.483. The van der Waals surface area contributed by atoms with Crippen LogP contribution in [0, 0.1) is 5.92 Å². The van der Waals surface area contributed by atoms with Crippen LogP contribution in [-0.2, 0) is 11.8 Å². The molecule has 2 aromatic carbocycles. The van der Waals surface area contributed by atoms with Crippen molar-refractivity contribution in [3.8, 4) is 11.5 Å². The molecule has 7 nitrogen and oxygen atoms in total. The van der Waals surface area contributed by atoms with E-state index in [4.69, 9.17) is 16.3 Å². The maximum absolute atomic E-state index is 13.6. The number of nitrogens with zero attached hydrogens (tertiary/aromatic N) is 1. The van der Waals surface area contributed by atoms with E-state index < -0.39 is 17.1 Å². The Morgan fingerprint density at radius 3 is 2.87 bits per heavy atom. The number of benzene rings is 2. The van der Waals surface area contributed by atoms with Gasteiger partial charge in [0, 0.05) is 23.5 Å². The molecule has 1 saturated heterocycles. The average Bonchev–Trinajstić information content (AvgIpc) is 3.49. The standard InChI is InChI=1S/C29H30ClN3O4.ClH/c30-22-13-17-2-1-3-18(24(17)32-22)27(35)31-19-8-9-29(36)21-12-16-6-7-20(34)25-23(16)28(29,26(19)37-25)10-11-33(21)14-15-4-5-15;/h1-3,6-7,13,15,19,21,26,32,34,36H,4-5,8-12,14H2,(H,31,35);1H/t19-,21-,26+,28+,29-;/m1./s1. The molecule has 9 heteroatoms. The van der Waals surface area contributed by atoms with E-state index in [0.29, 0.717) is 34.8 Å². The number of amides is 1. The maximum Gasteiger partial charge on any atom is 0.253 e. The number of aromatic hydroxyl groups is 1. The summed E-state index contributed by atoms with van der Waals surface area (Å²) in [6, 6.07) is 10.8. The van der Waals surface area contributed by atoms with Crippen LogP contribution in [0.1, 0.15) is 53.6 Å². The van der Waals surface area contributed by atoms with Gasteiger partial charge in [-0.3, -0.25) is 9.69 Å². The molecular weight excluding hydrogens is 525 g/mol. The first-order chi connectivity index (χ1) is 17.9.